The summed E-state index contributed by atoms with van der Waals surface area (Å²) in [4.78, 5) is 19.6. The zero-order chi connectivity index (χ0) is 23.9. The van der Waals surface area contributed by atoms with Crippen molar-refractivity contribution in [1.82, 2.24) is 14.7 Å². The van der Waals surface area contributed by atoms with Gasteiger partial charge in [0.25, 0.3) is 0 Å². The number of benzene rings is 2. The zero-order valence-corrected chi connectivity index (χ0v) is 21.0. The molecule has 180 valence electrons. The Labute approximate surface area is 209 Å². The van der Waals surface area contributed by atoms with Crippen LogP contribution in [0, 0.1) is 5.92 Å². The number of halogens is 1. The Morgan fingerprint density at radius 1 is 1.09 bits per heavy atom. The summed E-state index contributed by atoms with van der Waals surface area (Å²) in [5.41, 5.74) is 2.23. The zero-order valence-electron chi connectivity index (χ0n) is 19.4. The van der Waals surface area contributed by atoms with Crippen LogP contribution in [0.4, 0.5) is 5.13 Å². The largest absolute Gasteiger partial charge is 0.493 e. The number of amides is 1. The highest BCUT2D eigenvalue weighted by Gasteiger charge is 2.26. The van der Waals surface area contributed by atoms with Crippen LogP contribution in [0.3, 0.4) is 0 Å². The van der Waals surface area contributed by atoms with E-state index in [9.17, 15) is 4.79 Å². The van der Waals surface area contributed by atoms with Crippen molar-refractivity contribution in [2.45, 2.75) is 25.7 Å². The van der Waals surface area contributed by atoms with E-state index in [0.29, 0.717) is 24.5 Å². The SMILES string of the molecule is COc1ccc(CCNC(=O)C2CCN(c3nc(Cc4ccc(Cl)cc4)ns3)CC2)cc1OC. The Morgan fingerprint density at radius 2 is 1.79 bits per heavy atom. The van der Waals surface area contributed by atoms with Crippen molar-refractivity contribution in [3.05, 3.63) is 64.4 Å². The average Bonchev–Trinajstić information content (AvgIpc) is 3.34. The maximum absolute atomic E-state index is 12.7. The molecule has 1 aliphatic rings. The van der Waals surface area contributed by atoms with Gasteiger partial charge in [0, 0.05) is 48.5 Å². The molecule has 0 unspecified atom stereocenters. The van der Waals surface area contributed by atoms with Gasteiger partial charge in [-0.25, -0.2) is 4.98 Å². The molecule has 7 nitrogen and oxygen atoms in total. The first-order chi connectivity index (χ1) is 16.6. The van der Waals surface area contributed by atoms with Gasteiger partial charge in [0.2, 0.25) is 11.0 Å². The molecule has 4 rings (SSSR count). The molecule has 0 saturated carbocycles. The molecule has 34 heavy (non-hydrogen) atoms. The molecule has 1 N–H and O–H groups in total. The van der Waals surface area contributed by atoms with Crippen LogP contribution < -0.4 is 19.7 Å². The summed E-state index contributed by atoms with van der Waals surface area (Å²) in [5, 5.41) is 4.75. The molecule has 1 aromatic heterocycles. The monoisotopic (exact) mass is 500 g/mol. The van der Waals surface area contributed by atoms with Crippen LogP contribution in [0.25, 0.3) is 0 Å². The number of hydrogen-bond donors (Lipinski definition) is 1. The summed E-state index contributed by atoms with van der Waals surface area (Å²) in [5.74, 6) is 2.38. The molecular formula is C25H29ClN4O3S. The van der Waals surface area contributed by atoms with Crippen LogP contribution in [-0.2, 0) is 17.6 Å². The summed E-state index contributed by atoms with van der Waals surface area (Å²) in [6.45, 7) is 2.21. The van der Waals surface area contributed by atoms with Crippen LogP contribution in [0.2, 0.25) is 5.02 Å². The number of nitrogens with zero attached hydrogens (tertiary/aromatic N) is 3. The summed E-state index contributed by atoms with van der Waals surface area (Å²) in [7, 11) is 3.24. The molecule has 1 saturated heterocycles. The third-order valence-electron chi connectivity index (χ3n) is 6.03. The topological polar surface area (TPSA) is 76.6 Å². The number of carbonyl (C=O) groups excluding carboxylic acids is 1. The maximum Gasteiger partial charge on any atom is 0.223 e. The first-order valence-electron chi connectivity index (χ1n) is 11.4. The van der Waals surface area contributed by atoms with Crippen LogP contribution in [0.1, 0.15) is 29.8 Å². The van der Waals surface area contributed by atoms with Gasteiger partial charge in [-0.1, -0.05) is 29.8 Å². The van der Waals surface area contributed by atoms with Crippen molar-refractivity contribution < 1.29 is 14.3 Å². The maximum atomic E-state index is 12.7. The Balaban J connectivity index is 1.22. The highest BCUT2D eigenvalue weighted by molar-refractivity contribution is 7.09. The van der Waals surface area contributed by atoms with Crippen molar-refractivity contribution in [2.24, 2.45) is 5.92 Å². The molecule has 2 heterocycles. The van der Waals surface area contributed by atoms with Crippen molar-refractivity contribution >= 4 is 34.2 Å². The predicted octanol–water partition coefficient (Wildman–Crippen LogP) is 4.37. The molecular weight excluding hydrogens is 472 g/mol. The van der Waals surface area contributed by atoms with Crippen LogP contribution in [-0.4, -0.2) is 49.1 Å². The van der Waals surface area contributed by atoms with E-state index in [2.05, 4.69) is 14.6 Å². The molecule has 0 bridgehead atoms. The van der Waals surface area contributed by atoms with Crippen LogP contribution in [0.15, 0.2) is 42.5 Å². The third-order valence-corrected chi connectivity index (χ3v) is 7.10. The van der Waals surface area contributed by atoms with Gasteiger partial charge in [0.1, 0.15) is 5.82 Å². The number of hydrogen-bond acceptors (Lipinski definition) is 7. The standard InChI is InChI=1S/C25H29ClN4O3S/c1-32-21-8-5-18(15-22(21)33-2)9-12-27-24(31)19-10-13-30(14-11-19)25-28-23(29-34-25)16-17-3-6-20(26)7-4-17/h3-8,15,19H,9-14,16H2,1-2H3,(H,27,31). The van der Waals surface area contributed by atoms with Crippen LogP contribution in [0.5, 0.6) is 11.5 Å². The highest BCUT2D eigenvalue weighted by Crippen LogP contribution is 2.28. The number of ether oxygens (including phenoxy) is 2. The minimum Gasteiger partial charge on any atom is -0.493 e. The van der Waals surface area contributed by atoms with Crippen molar-refractivity contribution in [3.63, 3.8) is 0 Å². The third kappa shape index (κ3) is 6.18. The summed E-state index contributed by atoms with van der Waals surface area (Å²) in [6.07, 6.45) is 3.06. The molecule has 2 aromatic carbocycles. The molecule has 0 aliphatic carbocycles. The van der Waals surface area contributed by atoms with E-state index in [1.807, 2.05) is 42.5 Å². The average molecular weight is 501 g/mol. The lowest BCUT2D eigenvalue weighted by Gasteiger charge is -2.30. The summed E-state index contributed by atoms with van der Waals surface area (Å²) >= 11 is 7.38. The minimum absolute atomic E-state index is 0.0307. The van der Waals surface area contributed by atoms with Gasteiger partial charge in [0.15, 0.2) is 11.5 Å². The molecule has 0 radical (unpaired) electrons. The quantitative estimate of drug-likeness (QED) is 0.470. The molecule has 1 aliphatic heterocycles. The van der Waals surface area contributed by atoms with Gasteiger partial charge >= 0.3 is 0 Å². The van der Waals surface area contributed by atoms with E-state index in [1.54, 1.807) is 14.2 Å². The smallest absolute Gasteiger partial charge is 0.223 e. The summed E-state index contributed by atoms with van der Waals surface area (Å²) in [6, 6.07) is 13.6. The Kier molecular flexibility index (Phi) is 8.24. The lowest BCUT2D eigenvalue weighted by molar-refractivity contribution is -0.125. The van der Waals surface area contributed by atoms with Gasteiger partial charge in [-0.15, -0.1) is 0 Å². The fourth-order valence-corrected chi connectivity index (χ4v) is 4.94. The fourth-order valence-electron chi connectivity index (χ4n) is 4.07. The Morgan fingerprint density at radius 3 is 2.50 bits per heavy atom. The van der Waals surface area contributed by atoms with E-state index in [0.717, 1.165) is 59.5 Å². The van der Waals surface area contributed by atoms with E-state index in [1.165, 1.54) is 11.5 Å². The number of rotatable bonds is 9. The minimum atomic E-state index is 0.0307. The highest BCUT2D eigenvalue weighted by atomic mass is 35.5. The predicted molar refractivity (Wildman–Crippen MR) is 135 cm³/mol. The molecule has 1 amide bonds. The molecule has 0 spiro atoms. The van der Waals surface area contributed by atoms with Crippen molar-refractivity contribution in [2.75, 3.05) is 38.8 Å². The second-order valence-electron chi connectivity index (χ2n) is 8.29. The number of nitrogens with one attached hydrogen (secondary N) is 1. The lowest BCUT2D eigenvalue weighted by atomic mass is 9.96. The van der Waals surface area contributed by atoms with E-state index in [-0.39, 0.29) is 11.8 Å². The van der Waals surface area contributed by atoms with E-state index in [4.69, 9.17) is 26.1 Å². The van der Waals surface area contributed by atoms with Gasteiger partial charge in [-0.05, 0) is 54.7 Å². The normalized spacial score (nSPS) is 14.1. The van der Waals surface area contributed by atoms with E-state index < -0.39 is 0 Å². The van der Waals surface area contributed by atoms with Crippen molar-refractivity contribution in [3.8, 4) is 11.5 Å². The second-order valence-corrected chi connectivity index (χ2v) is 9.45. The molecule has 1 fully saturated rings. The number of aromatic nitrogens is 2. The molecule has 3 aromatic rings. The van der Waals surface area contributed by atoms with Gasteiger partial charge in [0.05, 0.1) is 14.2 Å². The number of piperidine rings is 1. The first kappa shape index (κ1) is 24.3. The van der Waals surface area contributed by atoms with Gasteiger partial charge in [-0.3, -0.25) is 4.79 Å². The lowest BCUT2D eigenvalue weighted by Crippen LogP contribution is -2.41. The Bertz CT molecular complexity index is 1100. The fraction of sp³-hybridized carbons (Fsp3) is 0.400. The van der Waals surface area contributed by atoms with Crippen molar-refractivity contribution in [1.29, 1.82) is 0 Å². The number of anilines is 1. The van der Waals surface area contributed by atoms with Crippen LogP contribution >= 0.6 is 23.1 Å². The molecule has 9 heteroatoms. The second kappa shape index (κ2) is 11.5. The first-order valence-corrected chi connectivity index (χ1v) is 12.5. The number of methoxy groups -OCH3 is 2. The molecule has 0 atom stereocenters. The number of carbonyl (C=O) groups is 1. The van der Waals surface area contributed by atoms with Gasteiger partial charge in [-0.2, -0.15) is 4.37 Å². The Hall–Kier alpha value is -2.84. The van der Waals surface area contributed by atoms with E-state index >= 15 is 0 Å². The van der Waals surface area contributed by atoms with Gasteiger partial charge < -0.3 is 19.7 Å². The summed E-state index contributed by atoms with van der Waals surface area (Å²) < 4.78 is 15.1.